The minimum absolute atomic E-state index is 0.0174. The van der Waals surface area contributed by atoms with Gasteiger partial charge in [-0.15, -0.1) is 0 Å². The fraction of sp³-hybridized carbons (Fsp3) is 0.286. The molecule has 0 bridgehead atoms. The highest BCUT2D eigenvalue weighted by Gasteiger charge is 2.33. The fourth-order valence-corrected chi connectivity index (χ4v) is 5.98. The van der Waals surface area contributed by atoms with Gasteiger partial charge in [-0.1, -0.05) is 72.9 Å². The summed E-state index contributed by atoms with van der Waals surface area (Å²) in [4.78, 5) is 28.4. The van der Waals surface area contributed by atoms with Crippen molar-refractivity contribution in [3.63, 3.8) is 0 Å². The van der Waals surface area contributed by atoms with Crippen molar-refractivity contribution in [1.82, 2.24) is 10.2 Å². The van der Waals surface area contributed by atoms with Crippen molar-refractivity contribution >= 4 is 62.3 Å². The third-order valence-corrected chi connectivity index (χ3v) is 8.64. The van der Waals surface area contributed by atoms with E-state index in [0.717, 1.165) is 10.7 Å². The maximum Gasteiger partial charge on any atom is 0.264 e. The molecule has 0 radical (unpaired) electrons. The molecule has 0 fully saturated rings. The Balaban J connectivity index is 2.04. The van der Waals surface area contributed by atoms with E-state index in [1.54, 1.807) is 55.5 Å². The SMILES string of the molecule is CCCNC(=O)C(CC)N(Cc1ccc(Cl)cc1Cl)C(=O)CN(c1ccccc1)S(=O)(=O)c1ccc(Cl)cc1. The Hall–Kier alpha value is -2.78. The molecule has 0 aliphatic rings. The normalized spacial score (nSPS) is 12.0. The van der Waals surface area contributed by atoms with Crippen LogP contribution in [0.3, 0.4) is 0 Å². The third-order valence-electron chi connectivity index (χ3n) is 6.02. The molecule has 2 amide bonds. The molecule has 1 atom stereocenters. The number of sulfonamides is 1. The molecular formula is C28H30Cl3N3O4S. The Kier molecular flexibility index (Phi) is 11.1. The van der Waals surface area contributed by atoms with Gasteiger partial charge >= 0.3 is 0 Å². The topological polar surface area (TPSA) is 86.8 Å². The van der Waals surface area contributed by atoms with Crippen LogP contribution in [-0.2, 0) is 26.2 Å². The van der Waals surface area contributed by atoms with Crippen LogP contribution in [0.1, 0.15) is 32.3 Å². The molecule has 1 N–H and O–H groups in total. The standard InChI is InChI=1S/C28H30Cl3N3O4S/c1-3-16-32-28(36)26(4-2)33(18-20-10-11-22(30)17-25(20)31)27(35)19-34(23-8-6-5-7-9-23)39(37,38)24-14-12-21(29)13-15-24/h5-15,17,26H,3-4,16,18-19H2,1-2H3,(H,32,36). The summed E-state index contributed by atoms with van der Waals surface area (Å²) in [5.74, 6) is -0.898. The largest absolute Gasteiger partial charge is 0.354 e. The zero-order chi connectivity index (χ0) is 28.6. The van der Waals surface area contributed by atoms with Gasteiger partial charge in [0.1, 0.15) is 12.6 Å². The Bertz CT molecular complexity index is 1390. The summed E-state index contributed by atoms with van der Waals surface area (Å²) in [6.45, 7) is 3.60. The summed E-state index contributed by atoms with van der Waals surface area (Å²) in [6.07, 6.45) is 1.03. The van der Waals surface area contributed by atoms with E-state index in [1.807, 2.05) is 6.92 Å². The number of amides is 2. The van der Waals surface area contributed by atoms with Gasteiger partial charge in [0.25, 0.3) is 10.0 Å². The summed E-state index contributed by atoms with van der Waals surface area (Å²) in [5, 5.41) is 3.98. The van der Waals surface area contributed by atoms with Crippen molar-refractivity contribution in [2.24, 2.45) is 0 Å². The molecule has 0 saturated carbocycles. The van der Waals surface area contributed by atoms with E-state index < -0.39 is 28.5 Å². The maximum absolute atomic E-state index is 14.0. The van der Waals surface area contributed by atoms with Crippen LogP contribution >= 0.6 is 34.8 Å². The Morgan fingerprint density at radius 3 is 2.13 bits per heavy atom. The van der Waals surface area contributed by atoms with Gasteiger partial charge in [-0.05, 0) is 66.9 Å². The van der Waals surface area contributed by atoms with Gasteiger partial charge in [0.15, 0.2) is 0 Å². The molecule has 0 heterocycles. The van der Waals surface area contributed by atoms with Gasteiger partial charge in [0.05, 0.1) is 10.6 Å². The van der Waals surface area contributed by atoms with Crippen molar-refractivity contribution in [1.29, 1.82) is 0 Å². The van der Waals surface area contributed by atoms with Crippen molar-refractivity contribution in [3.8, 4) is 0 Å². The van der Waals surface area contributed by atoms with E-state index in [9.17, 15) is 18.0 Å². The van der Waals surface area contributed by atoms with Crippen LogP contribution < -0.4 is 9.62 Å². The average Bonchev–Trinajstić information content (AvgIpc) is 2.92. The highest BCUT2D eigenvalue weighted by molar-refractivity contribution is 7.92. The van der Waals surface area contributed by atoms with Gasteiger partial charge in [0, 0.05) is 28.2 Å². The molecule has 7 nitrogen and oxygen atoms in total. The van der Waals surface area contributed by atoms with Crippen molar-refractivity contribution in [2.45, 2.75) is 44.2 Å². The number of nitrogens with zero attached hydrogens (tertiary/aromatic N) is 2. The van der Waals surface area contributed by atoms with Crippen LogP contribution in [0.4, 0.5) is 5.69 Å². The molecule has 0 aliphatic carbocycles. The lowest BCUT2D eigenvalue weighted by molar-refractivity contribution is -0.140. The van der Waals surface area contributed by atoms with Gasteiger partial charge in [-0.25, -0.2) is 8.42 Å². The zero-order valence-corrected chi connectivity index (χ0v) is 24.7. The number of rotatable bonds is 12. The lowest BCUT2D eigenvalue weighted by Crippen LogP contribution is -2.52. The Morgan fingerprint density at radius 1 is 0.897 bits per heavy atom. The minimum Gasteiger partial charge on any atom is -0.354 e. The highest BCUT2D eigenvalue weighted by Crippen LogP contribution is 2.27. The zero-order valence-electron chi connectivity index (χ0n) is 21.6. The second kappa shape index (κ2) is 14.0. The second-order valence-electron chi connectivity index (χ2n) is 8.77. The number of carbonyl (C=O) groups excluding carboxylic acids is 2. The predicted molar refractivity (Wildman–Crippen MR) is 157 cm³/mol. The molecule has 3 rings (SSSR count). The number of halogens is 3. The molecule has 208 valence electrons. The van der Waals surface area contributed by atoms with Crippen molar-refractivity contribution in [2.75, 3.05) is 17.4 Å². The lowest BCUT2D eigenvalue weighted by atomic mass is 10.1. The van der Waals surface area contributed by atoms with E-state index in [4.69, 9.17) is 34.8 Å². The smallest absolute Gasteiger partial charge is 0.264 e. The maximum atomic E-state index is 14.0. The quantitative estimate of drug-likeness (QED) is 0.266. The van der Waals surface area contributed by atoms with Gasteiger partial charge in [0.2, 0.25) is 11.8 Å². The fourth-order valence-electron chi connectivity index (χ4n) is 3.98. The second-order valence-corrected chi connectivity index (χ2v) is 11.9. The summed E-state index contributed by atoms with van der Waals surface area (Å²) in [6, 6.07) is 18.1. The first kappa shape index (κ1) is 30.8. The van der Waals surface area contributed by atoms with E-state index in [2.05, 4.69) is 5.32 Å². The van der Waals surface area contributed by atoms with E-state index in [0.29, 0.717) is 39.3 Å². The number of carbonyl (C=O) groups is 2. The molecule has 39 heavy (non-hydrogen) atoms. The first-order valence-electron chi connectivity index (χ1n) is 12.4. The molecule has 0 aromatic heterocycles. The monoisotopic (exact) mass is 609 g/mol. The molecular weight excluding hydrogens is 581 g/mol. The van der Waals surface area contributed by atoms with E-state index >= 15 is 0 Å². The van der Waals surface area contributed by atoms with Crippen LogP contribution in [0, 0.1) is 0 Å². The first-order valence-corrected chi connectivity index (χ1v) is 15.0. The number of nitrogens with one attached hydrogen (secondary N) is 1. The van der Waals surface area contributed by atoms with Gasteiger partial charge in [-0.3, -0.25) is 13.9 Å². The number of benzene rings is 3. The predicted octanol–water partition coefficient (Wildman–Crippen LogP) is 6.18. The third kappa shape index (κ3) is 7.88. The highest BCUT2D eigenvalue weighted by atomic mass is 35.5. The van der Waals surface area contributed by atoms with Crippen LogP contribution in [0.5, 0.6) is 0 Å². The van der Waals surface area contributed by atoms with Gasteiger partial charge < -0.3 is 10.2 Å². The summed E-state index contributed by atoms with van der Waals surface area (Å²) in [5.41, 5.74) is 0.872. The Labute approximate surface area is 244 Å². The summed E-state index contributed by atoms with van der Waals surface area (Å²) >= 11 is 18.4. The van der Waals surface area contributed by atoms with Crippen molar-refractivity contribution < 1.29 is 18.0 Å². The number of anilines is 1. The molecule has 0 spiro atoms. The molecule has 0 saturated heterocycles. The Morgan fingerprint density at radius 2 is 1.54 bits per heavy atom. The molecule has 0 aliphatic heterocycles. The van der Waals surface area contributed by atoms with E-state index in [-0.39, 0.29) is 17.3 Å². The number of hydrogen-bond acceptors (Lipinski definition) is 4. The number of hydrogen-bond donors (Lipinski definition) is 1. The minimum atomic E-state index is -4.17. The van der Waals surface area contributed by atoms with Crippen LogP contribution in [0.15, 0.2) is 77.7 Å². The van der Waals surface area contributed by atoms with Crippen LogP contribution in [0.25, 0.3) is 0 Å². The summed E-state index contributed by atoms with van der Waals surface area (Å²) in [7, 11) is -4.17. The van der Waals surface area contributed by atoms with Crippen molar-refractivity contribution in [3.05, 3.63) is 93.4 Å². The molecule has 1 unspecified atom stereocenters. The lowest BCUT2D eigenvalue weighted by Gasteiger charge is -2.33. The molecule has 3 aromatic carbocycles. The molecule has 3 aromatic rings. The average molecular weight is 611 g/mol. The van der Waals surface area contributed by atoms with Crippen LogP contribution in [0.2, 0.25) is 15.1 Å². The number of para-hydroxylation sites is 1. The molecule has 11 heteroatoms. The first-order chi connectivity index (χ1) is 18.6. The van der Waals surface area contributed by atoms with E-state index in [1.165, 1.54) is 29.2 Å². The van der Waals surface area contributed by atoms with Gasteiger partial charge in [-0.2, -0.15) is 0 Å². The van der Waals surface area contributed by atoms with Crippen LogP contribution in [-0.4, -0.2) is 44.3 Å². The summed E-state index contributed by atoms with van der Waals surface area (Å²) < 4.78 is 28.6.